The number of phenolic OH excluding ortho intramolecular Hbond substituents is 1. The fraction of sp³-hybridized carbons (Fsp3) is 0. The molecule has 72 valence electrons. The van der Waals surface area contributed by atoms with Gasteiger partial charge < -0.3 is 11.6 Å². The summed E-state index contributed by atoms with van der Waals surface area (Å²) in [5.41, 5.74) is 0.253. The molecule has 0 atom stereocenters. The minimum absolute atomic E-state index is 0. The van der Waals surface area contributed by atoms with Crippen LogP contribution in [0.15, 0.2) is 36.4 Å². The molecule has 2 aromatic carbocycles. The van der Waals surface area contributed by atoms with Crippen LogP contribution >= 0.6 is 0 Å². The van der Waals surface area contributed by atoms with Crippen LogP contribution in [0.3, 0.4) is 0 Å². The van der Waals surface area contributed by atoms with Crippen molar-refractivity contribution in [2.45, 2.75) is 0 Å². The molecule has 0 unspecified atom stereocenters. The summed E-state index contributed by atoms with van der Waals surface area (Å²) in [6.07, 6.45) is 0. The van der Waals surface area contributed by atoms with Crippen molar-refractivity contribution >= 4 is 16.7 Å². The zero-order valence-electron chi connectivity index (χ0n) is 9.27. The SMILES string of the molecule is O=C(O)c1ccc2cc(O)ccc2c1.[H-].[Na+]. The second-order valence-corrected chi connectivity index (χ2v) is 3.05. The first-order chi connectivity index (χ1) is 6.66. The van der Waals surface area contributed by atoms with Crippen molar-refractivity contribution in [1.29, 1.82) is 0 Å². The van der Waals surface area contributed by atoms with Gasteiger partial charge in [0.1, 0.15) is 5.75 Å². The average Bonchev–Trinajstić information content (AvgIpc) is 2.16. The Bertz CT molecular complexity index is 514. The van der Waals surface area contributed by atoms with Gasteiger partial charge in [0, 0.05) is 0 Å². The smallest absolute Gasteiger partial charge is 1.00 e. The molecule has 2 rings (SSSR count). The molecule has 0 aromatic heterocycles. The summed E-state index contributed by atoms with van der Waals surface area (Å²) < 4.78 is 0. The standard InChI is InChI=1S/C11H8O3.Na.H/c12-10-4-3-7-5-9(11(13)14)2-1-8(7)6-10;;/h1-6,12H,(H,13,14);;/q;+1;-1. The van der Waals surface area contributed by atoms with Crippen molar-refractivity contribution in [2.24, 2.45) is 0 Å². The number of carboxylic acid groups (broad SMARTS) is 1. The van der Waals surface area contributed by atoms with Crippen LogP contribution in [0.4, 0.5) is 0 Å². The van der Waals surface area contributed by atoms with Crippen molar-refractivity contribution in [3.8, 4) is 5.75 Å². The van der Waals surface area contributed by atoms with Crippen molar-refractivity contribution in [3.63, 3.8) is 0 Å². The van der Waals surface area contributed by atoms with Gasteiger partial charge in [0.2, 0.25) is 0 Å². The number of rotatable bonds is 1. The molecule has 4 heteroatoms. The molecule has 2 N–H and O–H groups in total. The van der Waals surface area contributed by atoms with Crippen LogP contribution in [0.5, 0.6) is 5.75 Å². The van der Waals surface area contributed by atoms with Gasteiger partial charge in [-0.3, -0.25) is 0 Å². The summed E-state index contributed by atoms with van der Waals surface area (Å²) in [6.45, 7) is 0. The van der Waals surface area contributed by atoms with Gasteiger partial charge in [-0.2, -0.15) is 0 Å². The van der Waals surface area contributed by atoms with Gasteiger partial charge in [-0.1, -0.05) is 12.1 Å². The Hall–Kier alpha value is -1.03. The zero-order chi connectivity index (χ0) is 10.1. The van der Waals surface area contributed by atoms with E-state index in [9.17, 15) is 9.90 Å². The number of hydrogen-bond donors (Lipinski definition) is 2. The van der Waals surface area contributed by atoms with Crippen LogP contribution in [0.2, 0.25) is 0 Å². The summed E-state index contributed by atoms with van der Waals surface area (Å²) in [6, 6.07) is 9.60. The molecule has 0 saturated carbocycles. The third-order valence-electron chi connectivity index (χ3n) is 2.07. The monoisotopic (exact) mass is 212 g/mol. The first-order valence-corrected chi connectivity index (χ1v) is 4.13. The van der Waals surface area contributed by atoms with Gasteiger partial charge >= 0.3 is 35.5 Å². The van der Waals surface area contributed by atoms with E-state index in [4.69, 9.17) is 5.11 Å². The van der Waals surface area contributed by atoms with E-state index in [1.54, 1.807) is 24.3 Å². The first-order valence-electron chi connectivity index (χ1n) is 4.13. The van der Waals surface area contributed by atoms with Gasteiger partial charge in [0.05, 0.1) is 5.56 Å². The first kappa shape index (κ1) is 12.0. The minimum Gasteiger partial charge on any atom is -1.00 e. The van der Waals surface area contributed by atoms with E-state index in [0.717, 1.165) is 10.8 Å². The van der Waals surface area contributed by atoms with Gasteiger partial charge in [-0.25, -0.2) is 4.79 Å². The Labute approximate surface area is 110 Å². The second kappa shape index (κ2) is 4.66. The fourth-order valence-electron chi connectivity index (χ4n) is 1.37. The third-order valence-corrected chi connectivity index (χ3v) is 2.07. The zero-order valence-corrected chi connectivity index (χ0v) is 10.3. The van der Waals surface area contributed by atoms with Crippen LogP contribution in [0, 0.1) is 0 Å². The molecule has 0 heterocycles. The Kier molecular flexibility index (Phi) is 3.74. The van der Waals surface area contributed by atoms with E-state index in [2.05, 4.69) is 0 Å². The number of aromatic carboxylic acids is 1. The van der Waals surface area contributed by atoms with Gasteiger partial charge in [-0.15, -0.1) is 0 Å². The third kappa shape index (κ3) is 2.50. The largest absolute Gasteiger partial charge is 1.00 e. The maximum absolute atomic E-state index is 10.7. The fourth-order valence-corrected chi connectivity index (χ4v) is 1.37. The van der Waals surface area contributed by atoms with Crippen molar-refractivity contribution < 1.29 is 46.0 Å². The minimum atomic E-state index is -0.944. The molecule has 0 aliphatic carbocycles. The Morgan fingerprint density at radius 3 is 2.33 bits per heavy atom. The number of carbonyl (C=O) groups is 1. The summed E-state index contributed by atoms with van der Waals surface area (Å²) >= 11 is 0. The summed E-state index contributed by atoms with van der Waals surface area (Å²) in [7, 11) is 0. The molecule has 0 radical (unpaired) electrons. The Balaban J connectivity index is 0.00000112. The summed E-state index contributed by atoms with van der Waals surface area (Å²) in [4.78, 5) is 10.7. The molecular weight excluding hydrogens is 203 g/mol. The van der Waals surface area contributed by atoms with E-state index in [-0.39, 0.29) is 42.3 Å². The molecule has 2 aromatic rings. The number of aromatic hydroxyl groups is 1. The van der Waals surface area contributed by atoms with Crippen molar-refractivity contribution in [1.82, 2.24) is 0 Å². The molecule has 0 spiro atoms. The maximum atomic E-state index is 10.7. The van der Waals surface area contributed by atoms with Crippen LogP contribution in [0.25, 0.3) is 10.8 Å². The molecule has 3 nitrogen and oxygen atoms in total. The number of phenols is 1. The quantitative estimate of drug-likeness (QED) is 0.618. The topological polar surface area (TPSA) is 57.5 Å². The number of carboxylic acids is 1. The molecule has 0 amide bonds. The van der Waals surface area contributed by atoms with Gasteiger partial charge in [0.15, 0.2) is 0 Å². The predicted molar refractivity (Wildman–Crippen MR) is 53.7 cm³/mol. The van der Waals surface area contributed by atoms with E-state index >= 15 is 0 Å². The molecule has 15 heavy (non-hydrogen) atoms. The molecule has 0 aliphatic rings. The summed E-state index contributed by atoms with van der Waals surface area (Å²) in [5.74, 6) is -0.763. The van der Waals surface area contributed by atoms with Crippen molar-refractivity contribution in [3.05, 3.63) is 42.0 Å². The van der Waals surface area contributed by atoms with Gasteiger partial charge in [0.25, 0.3) is 0 Å². The molecule has 0 aliphatic heterocycles. The van der Waals surface area contributed by atoms with E-state index in [1.807, 2.05) is 0 Å². The predicted octanol–water partition coefficient (Wildman–Crippen LogP) is -0.640. The average molecular weight is 212 g/mol. The summed E-state index contributed by atoms with van der Waals surface area (Å²) in [5, 5.41) is 19.6. The van der Waals surface area contributed by atoms with Crippen LogP contribution in [-0.2, 0) is 0 Å². The van der Waals surface area contributed by atoms with Crippen molar-refractivity contribution in [2.75, 3.05) is 0 Å². The number of benzene rings is 2. The van der Waals surface area contributed by atoms with Gasteiger partial charge in [-0.05, 0) is 35.0 Å². The Morgan fingerprint density at radius 1 is 1.07 bits per heavy atom. The van der Waals surface area contributed by atoms with E-state index < -0.39 is 5.97 Å². The van der Waals surface area contributed by atoms with Crippen LogP contribution in [0.1, 0.15) is 11.8 Å². The Morgan fingerprint density at radius 2 is 1.67 bits per heavy atom. The molecule has 0 fully saturated rings. The normalized spacial score (nSPS) is 9.60. The second-order valence-electron chi connectivity index (χ2n) is 3.05. The number of hydrogen-bond acceptors (Lipinski definition) is 2. The van der Waals surface area contributed by atoms with Crippen LogP contribution < -0.4 is 29.6 Å². The van der Waals surface area contributed by atoms with E-state index in [0.29, 0.717) is 0 Å². The molecular formula is C11H9NaO3. The maximum Gasteiger partial charge on any atom is 1.00 e. The molecule has 0 saturated heterocycles. The molecule has 0 bridgehead atoms. The van der Waals surface area contributed by atoms with E-state index in [1.165, 1.54) is 12.1 Å². The number of fused-ring (bicyclic) bond motifs is 1. The van der Waals surface area contributed by atoms with Crippen LogP contribution in [-0.4, -0.2) is 16.2 Å².